The van der Waals surface area contributed by atoms with Crippen LogP contribution in [0.5, 0.6) is 0 Å². The lowest BCUT2D eigenvalue weighted by Crippen LogP contribution is -2.29. The van der Waals surface area contributed by atoms with Gasteiger partial charge < -0.3 is 14.4 Å². The summed E-state index contributed by atoms with van der Waals surface area (Å²) in [4.78, 5) is 17.7. The first kappa shape index (κ1) is 13.7. The van der Waals surface area contributed by atoms with Crippen molar-refractivity contribution in [1.29, 1.82) is 0 Å². The van der Waals surface area contributed by atoms with Crippen LogP contribution in [0, 0.1) is 13.8 Å². The fraction of sp³-hybridized carbons (Fsp3) is 0.375. The van der Waals surface area contributed by atoms with Crippen molar-refractivity contribution in [3.63, 3.8) is 0 Å². The molecule has 0 atom stereocenters. The Bertz CT molecular complexity index is 671. The molecule has 2 aromatic rings. The maximum Gasteiger partial charge on any atom is 0.335 e. The molecule has 1 N–H and O–H groups in total. The minimum atomic E-state index is -0.881. The van der Waals surface area contributed by atoms with Gasteiger partial charge in [0.15, 0.2) is 0 Å². The predicted molar refractivity (Wildman–Crippen MR) is 78.7 cm³/mol. The normalized spacial score (nSPS) is 14.1. The van der Waals surface area contributed by atoms with Gasteiger partial charge in [0.1, 0.15) is 5.76 Å². The van der Waals surface area contributed by atoms with Crippen LogP contribution in [0.4, 0.5) is 5.69 Å². The molecule has 2 heterocycles. The number of anilines is 1. The summed E-state index contributed by atoms with van der Waals surface area (Å²) in [5.74, 6) is 0.678. The molecule has 1 aliphatic rings. The average molecular weight is 286 g/mol. The number of carbonyl (C=O) groups is 1. The van der Waals surface area contributed by atoms with Gasteiger partial charge in [-0.3, -0.25) is 0 Å². The zero-order valence-corrected chi connectivity index (χ0v) is 12.2. The molecule has 1 aromatic carbocycles. The lowest BCUT2D eigenvalue weighted by molar-refractivity contribution is 0.0696. The van der Waals surface area contributed by atoms with Crippen LogP contribution >= 0.6 is 0 Å². The number of aromatic nitrogens is 1. The predicted octanol–water partition coefficient (Wildman–Crippen LogP) is 2.94. The largest absolute Gasteiger partial charge is 0.478 e. The number of carboxylic acid groups (broad SMARTS) is 1. The molecule has 0 fully saturated rings. The van der Waals surface area contributed by atoms with E-state index in [9.17, 15) is 4.79 Å². The minimum absolute atomic E-state index is 0.346. The van der Waals surface area contributed by atoms with Gasteiger partial charge in [-0.2, -0.15) is 0 Å². The summed E-state index contributed by atoms with van der Waals surface area (Å²) >= 11 is 0. The topological polar surface area (TPSA) is 66.6 Å². The summed E-state index contributed by atoms with van der Waals surface area (Å²) in [6, 6.07) is 5.32. The van der Waals surface area contributed by atoms with Gasteiger partial charge in [-0.1, -0.05) is 0 Å². The number of benzene rings is 1. The average Bonchev–Trinajstić information content (AvgIpc) is 2.77. The van der Waals surface area contributed by atoms with E-state index in [4.69, 9.17) is 9.52 Å². The summed E-state index contributed by atoms with van der Waals surface area (Å²) in [5, 5.41) is 9.08. The fourth-order valence-corrected chi connectivity index (χ4v) is 2.74. The second-order valence-corrected chi connectivity index (χ2v) is 5.42. The lowest BCUT2D eigenvalue weighted by atomic mass is 9.99. The van der Waals surface area contributed by atoms with E-state index in [1.165, 1.54) is 0 Å². The third-order valence-electron chi connectivity index (χ3n) is 3.94. The Hall–Kier alpha value is -2.30. The highest BCUT2D eigenvalue weighted by Gasteiger charge is 2.20. The van der Waals surface area contributed by atoms with Crippen molar-refractivity contribution in [2.75, 3.05) is 11.4 Å². The van der Waals surface area contributed by atoms with E-state index in [0.717, 1.165) is 42.1 Å². The molecule has 5 heteroatoms. The van der Waals surface area contributed by atoms with Crippen LogP contribution in [-0.4, -0.2) is 22.6 Å². The van der Waals surface area contributed by atoms with E-state index in [0.29, 0.717) is 18.0 Å². The highest BCUT2D eigenvalue weighted by molar-refractivity contribution is 5.88. The second kappa shape index (κ2) is 5.24. The molecule has 0 saturated heterocycles. The van der Waals surface area contributed by atoms with E-state index in [1.54, 1.807) is 12.1 Å². The van der Waals surface area contributed by atoms with Gasteiger partial charge in [-0.25, -0.2) is 9.78 Å². The van der Waals surface area contributed by atoms with E-state index in [-0.39, 0.29) is 0 Å². The number of aromatic carboxylic acids is 1. The summed E-state index contributed by atoms with van der Waals surface area (Å²) in [5.41, 5.74) is 3.43. The summed E-state index contributed by atoms with van der Waals surface area (Å²) in [6.45, 7) is 5.40. The van der Waals surface area contributed by atoms with Crippen LogP contribution in [-0.2, 0) is 13.0 Å². The minimum Gasteiger partial charge on any atom is -0.478 e. The van der Waals surface area contributed by atoms with Gasteiger partial charge >= 0.3 is 5.97 Å². The molecule has 3 rings (SSSR count). The van der Waals surface area contributed by atoms with Gasteiger partial charge in [0.05, 0.1) is 17.8 Å². The third-order valence-corrected chi connectivity index (χ3v) is 3.94. The SMILES string of the molecule is Cc1nc(CN2CCCc3cc(C(=O)O)ccc32)oc1C. The molecule has 1 aliphatic heterocycles. The van der Waals surface area contributed by atoms with E-state index < -0.39 is 5.97 Å². The molecule has 0 spiro atoms. The maximum atomic E-state index is 11.1. The number of fused-ring (bicyclic) bond motifs is 1. The fourth-order valence-electron chi connectivity index (χ4n) is 2.74. The van der Waals surface area contributed by atoms with Crippen molar-refractivity contribution in [3.8, 4) is 0 Å². The zero-order valence-electron chi connectivity index (χ0n) is 12.2. The smallest absolute Gasteiger partial charge is 0.335 e. The second-order valence-electron chi connectivity index (χ2n) is 5.42. The Balaban J connectivity index is 1.88. The molecule has 0 saturated carbocycles. The van der Waals surface area contributed by atoms with Gasteiger partial charge in [0.2, 0.25) is 5.89 Å². The number of nitrogens with zero attached hydrogens (tertiary/aromatic N) is 2. The van der Waals surface area contributed by atoms with Crippen LogP contribution in [0.3, 0.4) is 0 Å². The maximum absolute atomic E-state index is 11.1. The van der Waals surface area contributed by atoms with Gasteiger partial charge in [-0.15, -0.1) is 0 Å². The van der Waals surface area contributed by atoms with Crippen LogP contribution < -0.4 is 4.90 Å². The van der Waals surface area contributed by atoms with Gasteiger partial charge in [0.25, 0.3) is 0 Å². The monoisotopic (exact) mass is 286 g/mol. The Kier molecular flexibility index (Phi) is 3.41. The number of rotatable bonds is 3. The Morgan fingerprint density at radius 3 is 2.90 bits per heavy atom. The summed E-state index contributed by atoms with van der Waals surface area (Å²) in [6.07, 6.45) is 1.92. The van der Waals surface area contributed by atoms with Crippen molar-refractivity contribution >= 4 is 11.7 Å². The van der Waals surface area contributed by atoms with Crippen LogP contribution in [0.1, 0.15) is 39.7 Å². The lowest BCUT2D eigenvalue weighted by Gasteiger charge is -2.30. The molecule has 0 amide bonds. The number of aryl methyl sites for hydroxylation is 3. The Morgan fingerprint density at radius 2 is 2.24 bits per heavy atom. The molecule has 110 valence electrons. The summed E-state index contributed by atoms with van der Waals surface area (Å²) in [7, 11) is 0. The number of oxazole rings is 1. The molecule has 0 unspecified atom stereocenters. The van der Waals surface area contributed by atoms with Crippen molar-refractivity contribution in [1.82, 2.24) is 4.98 Å². The first-order valence-corrected chi connectivity index (χ1v) is 7.08. The van der Waals surface area contributed by atoms with E-state index in [1.807, 2.05) is 19.9 Å². The van der Waals surface area contributed by atoms with Crippen LogP contribution in [0.15, 0.2) is 22.6 Å². The standard InChI is InChI=1S/C16H18N2O3/c1-10-11(2)21-15(17-10)9-18-7-3-4-12-8-13(16(19)20)5-6-14(12)18/h5-6,8H,3-4,7,9H2,1-2H3,(H,19,20). The highest BCUT2D eigenvalue weighted by atomic mass is 16.4. The van der Waals surface area contributed by atoms with E-state index in [2.05, 4.69) is 9.88 Å². The van der Waals surface area contributed by atoms with Crippen LogP contribution in [0.2, 0.25) is 0 Å². The van der Waals surface area contributed by atoms with Crippen molar-refractivity contribution in [3.05, 3.63) is 46.7 Å². The zero-order chi connectivity index (χ0) is 15.0. The number of hydrogen-bond donors (Lipinski definition) is 1. The molecule has 1 aromatic heterocycles. The highest BCUT2D eigenvalue weighted by Crippen LogP contribution is 2.29. The molecule has 5 nitrogen and oxygen atoms in total. The Morgan fingerprint density at radius 1 is 1.43 bits per heavy atom. The van der Waals surface area contributed by atoms with Crippen molar-refractivity contribution in [2.45, 2.75) is 33.2 Å². The molecule has 0 bridgehead atoms. The summed E-state index contributed by atoms with van der Waals surface area (Å²) < 4.78 is 5.65. The quantitative estimate of drug-likeness (QED) is 0.939. The van der Waals surface area contributed by atoms with Gasteiger partial charge in [0, 0.05) is 12.2 Å². The number of carboxylic acids is 1. The first-order valence-electron chi connectivity index (χ1n) is 7.08. The number of hydrogen-bond acceptors (Lipinski definition) is 4. The van der Waals surface area contributed by atoms with E-state index >= 15 is 0 Å². The molecule has 21 heavy (non-hydrogen) atoms. The molecule has 0 radical (unpaired) electrons. The van der Waals surface area contributed by atoms with Crippen LogP contribution in [0.25, 0.3) is 0 Å². The molecule has 0 aliphatic carbocycles. The van der Waals surface area contributed by atoms with Crippen molar-refractivity contribution in [2.24, 2.45) is 0 Å². The Labute approximate surface area is 123 Å². The third kappa shape index (κ3) is 2.63. The molecular weight excluding hydrogens is 268 g/mol. The molecular formula is C16H18N2O3. The first-order chi connectivity index (χ1) is 10.0. The van der Waals surface area contributed by atoms with Gasteiger partial charge in [-0.05, 0) is 50.5 Å². The van der Waals surface area contributed by atoms with Crippen molar-refractivity contribution < 1.29 is 14.3 Å².